The summed E-state index contributed by atoms with van der Waals surface area (Å²) in [6, 6.07) is 9.60. The third-order valence-electron chi connectivity index (χ3n) is 6.45. The van der Waals surface area contributed by atoms with Gasteiger partial charge in [0, 0.05) is 29.8 Å². The number of hydrogen-bond acceptors (Lipinski definition) is 5. The number of aliphatic hydroxyl groups is 2. The van der Waals surface area contributed by atoms with Gasteiger partial charge in [-0.05, 0) is 49.1 Å². The number of ketones is 1. The molecule has 1 aromatic heterocycles. The summed E-state index contributed by atoms with van der Waals surface area (Å²) in [5, 5.41) is 22.9. The van der Waals surface area contributed by atoms with E-state index >= 15 is 0 Å². The van der Waals surface area contributed by atoms with E-state index in [2.05, 4.69) is 5.32 Å². The normalized spacial score (nSPS) is 17.4. The summed E-state index contributed by atoms with van der Waals surface area (Å²) in [6.45, 7) is -0.270. The van der Waals surface area contributed by atoms with Crippen LogP contribution in [0.3, 0.4) is 0 Å². The Morgan fingerprint density at radius 1 is 1.03 bits per heavy atom. The first-order chi connectivity index (χ1) is 18.1. The van der Waals surface area contributed by atoms with E-state index in [1.54, 1.807) is 6.07 Å². The molecule has 2 atom stereocenters. The average molecular weight is 527 g/mol. The van der Waals surface area contributed by atoms with E-state index in [9.17, 15) is 37.8 Å². The molecule has 1 fully saturated rings. The van der Waals surface area contributed by atoms with Crippen LogP contribution in [-0.2, 0) is 22.6 Å². The van der Waals surface area contributed by atoms with Gasteiger partial charge in [-0.15, -0.1) is 0 Å². The Morgan fingerprint density at radius 3 is 2.37 bits per heavy atom. The Hall–Kier alpha value is -4.18. The molecule has 1 aliphatic rings. The van der Waals surface area contributed by atoms with Gasteiger partial charge in [-0.2, -0.15) is 0 Å². The zero-order valence-corrected chi connectivity index (χ0v) is 20.2. The van der Waals surface area contributed by atoms with Gasteiger partial charge in [-0.3, -0.25) is 14.4 Å². The quantitative estimate of drug-likeness (QED) is 0.237. The number of hydrogen-bond donors (Lipinski definition) is 3. The van der Waals surface area contributed by atoms with E-state index in [4.69, 9.17) is 0 Å². The fourth-order valence-electron chi connectivity index (χ4n) is 4.43. The van der Waals surface area contributed by atoms with Crippen LogP contribution in [0.25, 0.3) is 5.76 Å². The highest BCUT2D eigenvalue weighted by Crippen LogP contribution is 2.20. The minimum Gasteiger partial charge on any atom is -0.507 e. The number of halogens is 3. The maximum Gasteiger partial charge on any atom is 0.292 e. The zero-order chi connectivity index (χ0) is 27.4. The molecule has 1 aliphatic carbocycles. The van der Waals surface area contributed by atoms with Gasteiger partial charge in [-0.25, -0.2) is 13.2 Å². The second kappa shape index (κ2) is 11.5. The van der Waals surface area contributed by atoms with Crippen LogP contribution >= 0.6 is 0 Å². The van der Waals surface area contributed by atoms with Crippen LogP contribution in [0.1, 0.15) is 41.5 Å². The third-order valence-corrected chi connectivity index (χ3v) is 6.45. The lowest BCUT2D eigenvalue weighted by Crippen LogP contribution is -2.42. The Kier molecular flexibility index (Phi) is 8.11. The average Bonchev–Trinajstić information content (AvgIpc) is 3.28. The monoisotopic (exact) mass is 526 g/mol. The van der Waals surface area contributed by atoms with Gasteiger partial charge in [0.05, 0.1) is 24.3 Å². The summed E-state index contributed by atoms with van der Waals surface area (Å²) in [5.41, 5.74) is -1.20. The van der Waals surface area contributed by atoms with Crippen LogP contribution in [-0.4, -0.2) is 38.6 Å². The summed E-state index contributed by atoms with van der Waals surface area (Å²) < 4.78 is 43.9. The van der Waals surface area contributed by atoms with Gasteiger partial charge >= 0.3 is 0 Å². The second-order valence-corrected chi connectivity index (χ2v) is 9.14. The molecule has 7 nitrogen and oxygen atoms in total. The molecule has 1 saturated carbocycles. The minimum atomic E-state index is -1.16. The first kappa shape index (κ1) is 26.9. The van der Waals surface area contributed by atoms with Crippen molar-refractivity contribution in [2.45, 2.75) is 44.4 Å². The van der Waals surface area contributed by atoms with Gasteiger partial charge < -0.3 is 20.1 Å². The van der Waals surface area contributed by atoms with Crippen LogP contribution < -0.4 is 10.9 Å². The van der Waals surface area contributed by atoms with E-state index < -0.39 is 58.2 Å². The van der Waals surface area contributed by atoms with Crippen molar-refractivity contribution in [1.82, 2.24) is 9.88 Å². The van der Waals surface area contributed by atoms with Crippen molar-refractivity contribution >= 4 is 17.4 Å². The van der Waals surface area contributed by atoms with Gasteiger partial charge in [0.2, 0.25) is 5.78 Å². The molecule has 2 aromatic carbocycles. The highest BCUT2D eigenvalue weighted by Gasteiger charge is 2.28. The summed E-state index contributed by atoms with van der Waals surface area (Å²) >= 11 is 0. The molecule has 0 unspecified atom stereocenters. The molecule has 0 saturated heterocycles. The number of aliphatic hydroxyl groups excluding tert-OH is 2. The number of carbonyl (C=O) groups is 2. The maximum absolute atomic E-state index is 14.3. The molecule has 0 spiro atoms. The minimum absolute atomic E-state index is 0.142. The zero-order valence-electron chi connectivity index (χ0n) is 20.2. The Morgan fingerprint density at radius 2 is 1.71 bits per heavy atom. The predicted octanol–water partition coefficient (Wildman–Crippen LogP) is 3.40. The molecular formula is C28H25F3N2O5. The van der Waals surface area contributed by atoms with E-state index in [0.29, 0.717) is 25.3 Å². The molecule has 0 bridgehead atoms. The third kappa shape index (κ3) is 6.03. The summed E-state index contributed by atoms with van der Waals surface area (Å²) in [7, 11) is 0. The number of aromatic nitrogens is 1. The SMILES string of the molecule is O=C(C=C(O)c1cc(Cc2c(F)cccc2F)cn(Cc2ccccc2F)c1=O)C(=O)N[C@@H]1CCC[C@H]1O. The predicted molar refractivity (Wildman–Crippen MR) is 133 cm³/mol. The fourth-order valence-corrected chi connectivity index (χ4v) is 4.43. The van der Waals surface area contributed by atoms with Gasteiger partial charge in [0.1, 0.15) is 23.2 Å². The number of pyridine rings is 1. The van der Waals surface area contributed by atoms with Gasteiger partial charge in [0.15, 0.2) is 0 Å². The summed E-state index contributed by atoms with van der Waals surface area (Å²) in [4.78, 5) is 37.9. The lowest BCUT2D eigenvalue weighted by molar-refractivity contribution is -0.136. The largest absolute Gasteiger partial charge is 0.507 e. The van der Waals surface area contributed by atoms with E-state index in [0.717, 1.165) is 22.8 Å². The lowest BCUT2D eigenvalue weighted by atomic mass is 10.0. The molecule has 38 heavy (non-hydrogen) atoms. The molecular weight excluding hydrogens is 501 g/mol. The standard InChI is InChI=1S/C28H25F3N2O5/c29-20-6-2-1-5-17(20)15-33-14-16(11-18-21(30)7-3-8-22(18)31)12-19(28(33)38)25(35)13-26(36)27(37)32-23-9-4-10-24(23)34/h1-3,5-8,12-14,23-24,34-35H,4,9-11,15H2,(H,32,37)/t23-,24-/m1/s1. The number of benzene rings is 2. The molecule has 1 heterocycles. The van der Waals surface area contributed by atoms with Crippen LogP contribution in [0.2, 0.25) is 0 Å². The highest BCUT2D eigenvalue weighted by molar-refractivity contribution is 6.41. The van der Waals surface area contributed by atoms with E-state index in [1.165, 1.54) is 30.5 Å². The molecule has 198 valence electrons. The smallest absolute Gasteiger partial charge is 0.292 e. The van der Waals surface area contributed by atoms with E-state index in [1.807, 2.05) is 0 Å². The van der Waals surface area contributed by atoms with Crippen molar-refractivity contribution in [2.24, 2.45) is 0 Å². The van der Waals surface area contributed by atoms with Gasteiger partial charge in [-0.1, -0.05) is 24.3 Å². The number of nitrogens with one attached hydrogen (secondary N) is 1. The van der Waals surface area contributed by atoms with Crippen molar-refractivity contribution in [3.8, 4) is 0 Å². The number of carbonyl (C=O) groups excluding carboxylic acids is 2. The number of amides is 1. The maximum atomic E-state index is 14.3. The van der Waals surface area contributed by atoms with Crippen LogP contribution in [0, 0.1) is 17.5 Å². The second-order valence-electron chi connectivity index (χ2n) is 9.14. The fraction of sp³-hybridized carbons (Fsp3) is 0.250. The van der Waals surface area contributed by atoms with Crippen LogP contribution in [0.5, 0.6) is 0 Å². The summed E-state index contributed by atoms with van der Waals surface area (Å²) in [6.07, 6.45) is 2.40. The Bertz CT molecular complexity index is 1450. The van der Waals surface area contributed by atoms with Crippen molar-refractivity contribution < 1.29 is 33.0 Å². The molecule has 4 rings (SSSR count). The highest BCUT2D eigenvalue weighted by atomic mass is 19.1. The molecule has 10 heteroatoms. The molecule has 3 aromatic rings. The molecule has 3 N–H and O–H groups in total. The van der Waals surface area contributed by atoms with Crippen molar-refractivity contribution in [3.05, 3.63) is 111 Å². The first-order valence-electron chi connectivity index (χ1n) is 12.0. The molecule has 0 radical (unpaired) electrons. The van der Waals surface area contributed by atoms with Crippen molar-refractivity contribution in [2.75, 3.05) is 0 Å². The molecule has 0 aliphatic heterocycles. The van der Waals surface area contributed by atoms with Crippen LogP contribution in [0.15, 0.2) is 65.6 Å². The van der Waals surface area contributed by atoms with E-state index in [-0.39, 0.29) is 29.7 Å². The van der Waals surface area contributed by atoms with Gasteiger partial charge in [0.25, 0.3) is 11.5 Å². The topological polar surface area (TPSA) is 109 Å². The van der Waals surface area contributed by atoms with Crippen molar-refractivity contribution in [1.29, 1.82) is 0 Å². The summed E-state index contributed by atoms with van der Waals surface area (Å²) in [5.74, 6) is -5.31. The number of rotatable bonds is 8. The van der Waals surface area contributed by atoms with Crippen molar-refractivity contribution in [3.63, 3.8) is 0 Å². The van der Waals surface area contributed by atoms with Crippen LogP contribution in [0.4, 0.5) is 13.2 Å². The first-order valence-corrected chi connectivity index (χ1v) is 12.0. The lowest BCUT2D eigenvalue weighted by Gasteiger charge is -2.15. The Labute approximate surface area is 215 Å². The number of nitrogens with zero attached hydrogens (tertiary/aromatic N) is 1. The molecule has 1 amide bonds. The Balaban J connectivity index is 1.70.